The second-order valence-electron chi connectivity index (χ2n) is 7.12. The van der Waals surface area contributed by atoms with Gasteiger partial charge in [-0.15, -0.1) is 0 Å². The highest BCUT2D eigenvalue weighted by Crippen LogP contribution is 2.22. The molecule has 0 saturated carbocycles. The fraction of sp³-hybridized carbons (Fsp3) is 0.400. The van der Waals surface area contributed by atoms with Crippen LogP contribution in [0.4, 0.5) is 15.9 Å². The van der Waals surface area contributed by atoms with Crippen molar-refractivity contribution in [3.8, 4) is 0 Å². The van der Waals surface area contributed by atoms with E-state index >= 15 is 0 Å². The van der Waals surface area contributed by atoms with E-state index in [4.69, 9.17) is 0 Å². The van der Waals surface area contributed by atoms with Crippen molar-refractivity contribution in [3.05, 3.63) is 48.2 Å². The van der Waals surface area contributed by atoms with Crippen LogP contribution in [0.2, 0.25) is 0 Å². The van der Waals surface area contributed by atoms with Gasteiger partial charge in [0.15, 0.2) is 0 Å². The van der Waals surface area contributed by atoms with Crippen molar-refractivity contribution >= 4 is 23.8 Å². The topological polar surface area (TPSA) is 72.9 Å². The zero-order chi connectivity index (χ0) is 20.2. The number of carbonyl (C=O) groups is 2. The third kappa shape index (κ3) is 4.13. The minimum absolute atomic E-state index is 0.149. The minimum Gasteiger partial charge on any atom is -0.366 e. The first-order valence-electron chi connectivity index (χ1n) is 9.71. The van der Waals surface area contributed by atoms with Gasteiger partial charge >= 0.3 is 0 Å². The van der Waals surface area contributed by atoms with Crippen molar-refractivity contribution < 1.29 is 14.0 Å². The number of hydrogen-bond acceptors (Lipinski definition) is 6. The van der Waals surface area contributed by atoms with E-state index in [-0.39, 0.29) is 11.7 Å². The molecule has 0 N–H and O–H groups in total. The Hall–Kier alpha value is -3.23. The Bertz CT molecular complexity index is 879. The number of halogens is 1. The van der Waals surface area contributed by atoms with Gasteiger partial charge in [-0.25, -0.2) is 14.4 Å². The highest BCUT2D eigenvalue weighted by molar-refractivity contribution is 5.93. The molecule has 1 aromatic heterocycles. The number of nitrogens with zero attached hydrogens (tertiary/aromatic N) is 6. The molecule has 0 spiro atoms. The molecule has 2 saturated heterocycles. The maximum absolute atomic E-state index is 14.0. The molecule has 8 nitrogen and oxygen atoms in total. The van der Waals surface area contributed by atoms with Gasteiger partial charge in [0, 0.05) is 58.4 Å². The zero-order valence-corrected chi connectivity index (χ0v) is 16.1. The number of rotatable bonds is 4. The van der Waals surface area contributed by atoms with Crippen molar-refractivity contribution in [3.63, 3.8) is 0 Å². The summed E-state index contributed by atoms with van der Waals surface area (Å²) < 4.78 is 14.0. The van der Waals surface area contributed by atoms with Gasteiger partial charge in [0.2, 0.25) is 6.41 Å². The van der Waals surface area contributed by atoms with Gasteiger partial charge in [-0.05, 0) is 12.1 Å². The van der Waals surface area contributed by atoms with Crippen LogP contribution >= 0.6 is 0 Å². The van der Waals surface area contributed by atoms with Gasteiger partial charge in [-0.2, -0.15) is 0 Å². The van der Waals surface area contributed by atoms with Crippen molar-refractivity contribution in [2.24, 2.45) is 0 Å². The normalized spacial score (nSPS) is 17.4. The molecule has 1 aromatic carbocycles. The summed E-state index contributed by atoms with van der Waals surface area (Å²) in [4.78, 5) is 39.5. The molecule has 0 atom stereocenters. The smallest absolute Gasteiger partial charge is 0.272 e. The Morgan fingerprint density at radius 3 is 2.31 bits per heavy atom. The Kier molecular flexibility index (Phi) is 5.55. The van der Waals surface area contributed by atoms with Crippen LogP contribution in [0.5, 0.6) is 0 Å². The predicted molar refractivity (Wildman–Crippen MR) is 106 cm³/mol. The number of carbonyl (C=O) groups excluding carboxylic acids is 2. The number of benzene rings is 1. The maximum Gasteiger partial charge on any atom is 0.272 e. The molecule has 2 amide bonds. The highest BCUT2D eigenvalue weighted by atomic mass is 19.1. The van der Waals surface area contributed by atoms with E-state index in [1.165, 1.54) is 12.4 Å². The SMILES string of the molecule is O=CN1CCN(C(=O)c2cc(N3CCN(c4ccccc4F)CC3)ncn2)CC1. The monoisotopic (exact) mass is 398 g/mol. The van der Waals surface area contributed by atoms with Crippen LogP contribution in [-0.2, 0) is 4.79 Å². The molecule has 0 aliphatic carbocycles. The van der Waals surface area contributed by atoms with E-state index in [9.17, 15) is 14.0 Å². The van der Waals surface area contributed by atoms with Crippen LogP contribution in [0.3, 0.4) is 0 Å². The predicted octanol–water partition coefficient (Wildman–Crippen LogP) is 0.856. The van der Waals surface area contributed by atoms with Gasteiger partial charge < -0.3 is 19.6 Å². The zero-order valence-electron chi connectivity index (χ0n) is 16.1. The van der Waals surface area contributed by atoms with Gasteiger partial charge in [-0.3, -0.25) is 9.59 Å². The van der Waals surface area contributed by atoms with E-state index in [0.717, 1.165) is 6.41 Å². The van der Waals surface area contributed by atoms with Crippen LogP contribution in [-0.4, -0.2) is 84.4 Å². The first-order chi connectivity index (χ1) is 14.2. The lowest BCUT2D eigenvalue weighted by Gasteiger charge is -2.37. The fourth-order valence-electron chi connectivity index (χ4n) is 3.71. The molecule has 0 radical (unpaired) electrons. The summed E-state index contributed by atoms with van der Waals surface area (Å²) >= 11 is 0. The molecular weight excluding hydrogens is 375 g/mol. The lowest BCUT2D eigenvalue weighted by Crippen LogP contribution is -2.48. The summed E-state index contributed by atoms with van der Waals surface area (Å²) in [6.45, 7) is 4.75. The molecule has 2 fully saturated rings. The standard InChI is InChI=1S/C20H23FN6O2/c21-16-3-1-2-4-18(16)25-9-11-26(12-10-25)19-13-17(22-14-23-19)20(29)27-7-5-24(15-28)6-8-27/h1-4,13-15H,5-12H2. The van der Waals surface area contributed by atoms with E-state index in [0.29, 0.717) is 69.6 Å². The summed E-state index contributed by atoms with van der Waals surface area (Å²) in [6, 6.07) is 8.50. The van der Waals surface area contributed by atoms with Crippen molar-refractivity contribution in [1.29, 1.82) is 0 Å². The molecule has 0 unspecified atom stereocenters. The van der Waals surface area contributed by atoms with Crippen LogP contribution in [0.25, 0.3) is 0 Å². The Morgan fingerprint density at radius 2 is 1.62 bits per heavy atom. The van der Waals surface area contributed by atoms with E-state index in [2.05, 4.69) is 14.9 Å². The third-order valence-electron chi connectivity index (χ3n) is 5.42. The van der Waals surface area contributed by atoms with E-state index in [1.54, 1.807) is 28.0 Å². The van der Waals surface area contributed by atoms with E-state index < -0.39 is 0 Å². The maximum atomic E-state index is 14.0. The highest BCUT2D eigenvalue weighted by Gasteiger charge is 2.24. The molecule has 2 aliphatic rings. The van der Waals surface area contributed by atoms with Crippen molar-refractivity contribution in [1.82, 2.24) is 19.8 Å². The quantitative estimate of drug-likeness (QED) is 0.712. The van der Waals surface area contributed by atoms with Gasteiger partial charge in [0.1, 0.15) is 23.7 Å². The number of amides is 2. The Morgan fingerprint density at radius 1 is 0.931 bits per heavy atom. The van der Waals surface area contributed by atoms with Gasteiger partial charge in [0.05, 0.1) is 5.69 Å². The van der Waals surface area contributed by atoms with Crippen LogP contribution < -0.4 is 9.80 Å². The number of anilines is 2. The van der Waals surface area contributed by atoms with Gasteiger partial charge in [-0.1, -0.05) is 12.1 Å². The van der Waals surface area contributed by atoms with Crippen LogP contribution in [0, 0.1) is 5.82 Å². The average molecular weight is 398 g/mol. The molecular formula is C20H23FN6O2. The summed E-state index contributed by atoms with van der Waals surface area (Å²) in [6.07, 6.45) is 2.22. The number of para-hydroxylation sites is 1. The Balaban J connectivity index is 1.40. The average Bonchev–Trinajstić information content (AvgIpc) is 2.79. The van der Waals surface area contributed by atoms with E-state index in [1.807, 2.05) is 11.0 Å². The first-order valence-corrected chi connectivity index (χ1v) is 9.71. The molecule has 0 bridgehead atoms. The van der Waals surface area contributed by atoms with Crippen molar-refractivity contribution in [2.45, 2.75) is 0 Å². The number of piperazine rings is 2. The first kappa shape index (κ1) is 19.1. The number of hydrogen-bond donors (Lipinski definition) is 0. The molecule has 9 heteroatoms. The summed E-state index contributed by atoms with van der Waals surface area (Å²) in [5.41, 5.74) is 0.964. The van der Waals surface area contributed by atoms with Crippen LogP contribution in [0.1, 0.15) is 10.5 Å². The summed E-state index contributed by atoms with van der Waals surface area (Å²) in [5, 5.41) is 0. The van der Waals surface area contributed by atoms with Gasteiger partial charge in [0.25, 0.3) is 5.91 Å². The molecule has 29 heavy (non-hydrogen) atoms. The third-order valence-corrected chi connectivity index (χ3v) is 5.42. The summed E-state index contributed by atoms with van der Waals surface area (Å²) in [7, 11) is 0. The minimum atomic E-state index is -0.217. The number of aromatic nitrogens is 2. The lowest BCUT2D eigenvalue weighted by atomic mass is 10.2. The summed E-state index contributed by atoms with van der Waals surface area (Å²) in [5.74, 6) is 0.331. The Labute approximate surface area is 168 Å². The second-order valence-corrected chi connectivity index (χ2v) is 7.12. The largest absolute Gasteiger partial charge is 0.366 e. The molecule has 152 valence electrons. The molecule has 4 rings (SSSR count). The lowest BCUT2D eigenvalue weighted by molar-refractivity contribution is -0.119. The second kappa shape index (κ2) is 8.42. The fourth-order valence-corrected chi connectivity index (χ4v) is 3.71. The molecule has 2 aliphatic heterocycles. The van der Waals surface area contributed by atoms with Crippen LogP contribution in [0.15, 0.2) is 36.7 Å². The molecule has 2 aromatic rings. The molecule has 3 heterocycles. The van der Waals surface area contributed by atoms with Crippen molar-refractivity contribution in [2.75, 3.05) is 62.2 Å².